The lowest BCUT2D eigenvalue weighted by atomic mass is 10.1. The van der Waals surface area contributed by atoms with Crippen LogP contribution in [0.25, 0.3) is 0 Å². The van der Waals surface area contributed by atoms with Crippen LogP contribution < -0.4 is 5.32 Å². The van der Waals surface area contributed by atoms with Crippen LogP contribution >= 0.6 is 0 Å². The van der Waals surface area contributed by atoms with Gasteiger partial charge in [-0.1, -0.05) is 6.07 Å². The topological polar surface area (TPSA) is 72.8 Å². The van der Waals surface area contributed by atoms with Crippen molar-refractivity contribution in [1.82, 2.24) is 10.2 Å². The number of phenols is 1. The number of carbonyl (C=O) groups is 1. The molecule has 1 fully saturated rings. The van der Waals surface area contributed by atoms with Crippen molar-refractivity contribution in [2.24, 2.45) is 0 Å². The van der Waals surface area contributed by atoms with Gasteiger partial charge in [0.05, 0.1) is 6.61 Å². The Morgan fingerprint density at radius 3 is 2.95 bits per heavy atom. The van der Waals surface area contributed by atoms with Crippen molar-refractivity contribution in [1.29, 1.82) is 0 Å². The number of aryl methyl sites for hydroxylation is 1. The van der Waals surface area contributed by atoms with E-state index >= 15 is 0 Å². The van der Waals surface area contributed by atoms with E-state index in [9.17, 15) is 15.0 Å². The summed E-state index contributed by atoms with van der Waals surface area (Å²) >= 11 is 0. The molecule has 1 unspecified atom stereocenters. The smallest absolute Gasteiger partial charge is 0.251 e. The summed E-state index contributed by atoms with van der Waals surface area (Å²) in [5.74, 6) is 0.00133. The molecule has 1 aliphatic rings. The number of hydrogen-bond acceptors (Lipinski definition) is 4. The number of rotatable bonds is 7. The van der Waals surface area contributed by atoms with E-state index in [0.29, 0.717) is 18.2 Å². The molecule has 0 bridgehead atoms. The number of nitrogens with one attached hydrogen (secondary N) is 1. The number of carbonyl (C=O) groups excluding carboxylic acids is 1. The van der Waals surface area contributed by atoms with Crippen LogP contribution in [0.1, 0.15) is 41.6 Å². The van der Waals surface area contributed by atoms with Gasteiger partial charge < -0.3 is 15.5 Å². The van der Waals surface area contributed by atoms with E-state index in [0.717, 1.165) is 37.9 Å². The molecular weight excluding hydrogens is 280 g/mol. The number of amides is 1. The van der Waals surface area contributed by atoms with Gasteiger partial charge in [0.25, 0.3) is 5.91 Å². The summed E-state index contributed by atoms with van der Waals surface area (Å²) in [6.45, 7) is 4.72. The van der Waals surface area contributed by atoms with Crippen molar-refractivity contribution in [3.8, 4) is 5.75 Å². The lowest BCUT2D eigenvalue weighted by Crippen LogP contribution is -2.33. The van der Waals surface area contributed by atoms with Gasteiger partial charge in [-0.05, 0) is 63.4 Å². The van der Waals surface area contributed by atoms with E-state index in [1.54, 1.807) is 19.1 Å². The Bertz CT molecular complexity index is 505. The Morgan fingerprint density at radius 2 is 2.23 bits per heavy atom. The van der Waals surface area contributed by atoms with E-state index < -0.39 is 0 Å². The van der Waals surface area contributed by atoms with Crippen molar-refractivity contribution in [3.05, 3.63) is 29.3 Å². The molecule has 1 aromatic rings. The Labute approximate surface area is 131 Å². The lowest BCUT2D eigenvalue weighted by Gasteiger charge is -2.22. The molecule has 0 spiro atoms. The standard InChI is InChI=1S/C17H26N2O3/c1-13-6-7-14(11-16(13)21)17(22)18-8-2-3-9-19-10-4-5-15(19)12-20/h6-7,11,15,20-21H,2-5,8-10,12H2,1H3,(H,18,22). The summed E-state index contributed by atoms with van der Waals surface area (Å²) in [7, 11) is 0. The number of hydrogen-bond donors (Lipinski definition) is 3. The molecule has 1 aliphatic heterocycles. The number of likely N-dealkylation sites (tertiary alicyclic amines) is 1. The Morgan fingerprint density at radius 1 is 1.41 bits per heavy atom. The number of aromatic hydroxyl groups is 1. The zero-order chi connectivity index (χ0) is 15.9. The highest BCUT2D eigenvalue weighted by atomic mass is 16.3. The van der Waals surface area contributed by atoms with Gasteiger partial charge in [-0.3, -0.25) is 9.69 Å². The largest absolute Gasteiger partial charge is 0.508 e. The molecule has 1 saturated heterocycles. The van der Waals surface area contributed by atoms with Gasteiger partial charge in [0.1, 0.15) is 5.75 Å². The van der Waals surface area contributed by atoms with Gasteiger partial charge in [-0.25, -0.2) is 0 Å². The maximum absolute atomic E-state index is 12.0. The number of aliphatic hydroxyl groups is 1. The minimum atomic E-state index is -0.148. The first-order valence-corrected chi connectivity index (χ1v) is 8.04. The van der Waals surface area contributed by atoms with Crippen LogP contribution in [0.2, 0.25) is 0 Å². The SMILES string of the molecule is Cc1ccc(C(=O)NCCCCN2CCCC2CO)cc1O. The van der Waals surface area contributed by atoms with Crippen LogP contribution in [-0.2, 0) is 0 Å². The Hall–Kier alpha value is -1.59. The summed E-state index contributed by atoms with van der Waals surface area (Å²) in [6.07, 6.45) is 4.18. The van der Waals surface area contributed by atoms with Crippen molar-refractivity contribution in [2.45, 2.75) is 38.6 Å². The molecule has 0 saturated carbocycles. The first kappa shape index (κ1) is 16.8. The molecule has 0 radical (unpaired) electrons. The summed E-state index contributed by atoms with van der Waals surface area (Å²) in [5, 5.41) is 21.8. The number of phenolic OH excluding ortho intramolecular Hbond substituents is 1. The van der Waals surface area contributed by atoms with Crippen LogP contribution in [0.15, 0.2) is 18.2 Å². The fourth-order valence-corrected chi connectivity index (χ4v) is 2.89. The van der Waals surface area contributed by atoms with Gasteiger partial charge >= 0.3 is 0 Å². The van der Waals surface area contributed by atoms with Crippen LogP contribution in [-0.4, -0.2) is 53.3 Å². The van der Waals surface area contributed by atoms with Gasteiger partial charge in [0, 0.05) is 18.2 Å². The molecule has 1 atom stereocenters. The van der Waals surface area contributed by atoms with E-state index in [1.807, 2.05) is 0 Å². The van der Waals surface area contributed by atoms with E-state index in [4.69, 9.17) is 0 Å². The summed E-state index contributed by atoms with van der Waals surface area (Å²) in [4.78, 5) is 14.3. The van der Waals surface area contributed by atoms with E-state index in [1.165, 1.54) is 12.5 Å². The molecule has 5 nitrogen and oxygen atoms in total. The summed E-state index contributed by atoms with van der Waals surface area (Å²) in [6, 6.07) is 5.29. The third kappa shape index (κ3) is 4.45. The average Bonchev–Trinajstić information content (AvgIpc) is 2.97. The molecular formula is C17H26N2O3. The predicted octanol–water partition coefficient (Wildman–Crippen LogP) is 1.67. The lowest BCUT2D eigenvalue weighted by molar-refractivity contribution is 0.0951. The summed E-state index contributed by atoms with van der Waals surface area (Å²) < 4.78 is 0. The molecule has 3 N–H and O–H groups in total. The number of aliphatic hydroxyl groups excluding tert-OH is 1. The quantitative estimate of drug-likeness (QED) is 0.670. The van der Waals surface area contributed by atoms with Gasteiger partial charge in [-0.15, -0.1) is 0 Å². The number of unbranched alkanes of at least 4 members (excludes halogenated alkanes) is 1. The first-order valence-electron chi connectivity index (χ1n) is 8.04. The average molecular weight is 306 g/mol. The monoisotopic (exact) mass is 306 g/mol. The Kier molecular flexibility index (Phi) is 6.21. The van der Waals surface area contributed by atoms with Crippen molar-refractivity contribution >= 4 is 5.91 Å². The molecule has 2 rings (SSSR count). The molecule has 0 aliphatic carbocycles. The maximum atomic E-state index is 12.0. The maximum Gasteiger partial charge on any atom is 0.251 e. The van der Waals surface area contributed by atoms with Gasteiger partial charge in [0.15, 0.2) is 0 Å². The van der Waals surface area contributed by atoms with Crippen LogP contribution in [0.5, 0.6) is 5.75 Å². The van der Waals surface area contributed by atoms with Crippen LogP contribution in [0, 0.1) is 6.92 Å². The Balaban J connectivity index is 1.66. The van der Waals surface area contributed by atoms with Crippen LogP contribution in [0.4, 0.5) is 0 Å². The van der Waals surface area contributed by atoms with Crippen molar-refractivity contribution < 1.29 is 15.0 Å². The highest BCUT2D eigenvalue weighted by Gasteiger charge is 2.22. The highest BCUT2D eigenvalue weighted by molar-refractivity contribution is 5.94. The predicted molar refractivity (Wildman–Crippen MR) is 86.1 cm³/mol. The zero-order valence-corrected chi connectivity index (χ0v) is 13.2. The van der Waals surface area contributed by atoms with Crippen molar-refractivity contribution in [2.75, 3.05) is 26.2 Å². The molecule has 122 valence electrons. The third-order valence-electron chi connectivity index (χ3n) is 4.34. The summed E-state index contributed by atoms with van der Waals surface area (Å²) in [5.41, 5.74) is 1.25. The minimum absolute atomic E-state index is 0.148. The molecule has 5 heteroatoms. The first-order chi connectivity index (χ1) is 10.6. The second kappa shape index (κ2) is 8.15. The van der Waals surface area contributed by atoms with Crippen molar-refractivity contribution in [3.63, 3.8) is 0 Å². The number of nitrogens with zero attached hydrogens (tertiary/aromatic N) is 1. The molecule has 22 heavy (non-hydrogen) atoms. The van der Waals surface area contributed by atoms with Gasteiger partial charge in [0.2, 0.25) is 0 Å². The normalized spacial score (nSPS) is 18.5. The third-order valence-corrected chi connectivity index (χ3v) is 4.34. The minimum Gasteiger partial charge on any atom is -0.508 e. The molecule has 1 aromatic carbocycles. The molecule has 1 heterocycles. The van der Waals surface area contributed by atoms with Gasteiger partial charge in [-0.2, -0.15) is 0 Å². The molecule has 0 aromatic heterocycles. The fourth-order valence-electron chi connectivity index (χ4n) is 2.89. The van der Waals surface area contributed by atoms with E-state index in [2.05, 4.69) is 10.2 Å². The zero-order valence-electron chi connectivity index (χ0n) is 13.2. The van der Waals surface area contributed by atoms with Crippen LogP contribution in [0.3, 0.4) is 0 Å². The highest BCUT2D eigenvalue weighted by Crippen LogP contribution is 2.18. The molecule has 1 amide bonds. The van der Waals surface area contributed by atoms with E-state index in [-0.39, 0.29) is 18.3 Å². The second-order valence-corrected chi connectivity index (χ2v) is 5.98. The number of benzene rings is 1. The fraction of sp³-hybridized carbons (Fsp3) is 0.588. The second-order valence-electron chi connectivity index (χ2n) is 5.98.